The van der Waals surface area contributed by atoms with Crippen molar-refractivity contribution in [3.63, 3.8) is 0 Å². The van der Waals surface area contributed by atoms with Crippen LogP contribution in [0.1, 0.15) is 24.8 Å². The minimum Gasteiger partial charge on any atom is -0.493 e. The van der Waals surface area contributed by atoms with E-state index in [1.165, 1.54) is 13.2 Å². The first-order chi connectivity index (χ1) is 12.3. The maximum Gasteiger partial charge on any atom is 0.422 e. The molecule has 0 spiro atoms. The summed E-state index contributed by atoms with van der Waals surface area (Å²) in [6, 6.07) is 5.06. The summed E-state index contributed by atoms with van der Waals surface area (Å²) in [7, 11) is 3.27. The second-order valence-corrected chi connectivity index (χ2v) is 6.36. The number of nitrogens with one attached hydrogen (secondary N) is 1. The second kappa shape index (κ2) is 10.6. The Bertz CT molecular complexity index is 614. The summed E-state index contributed by atoms with van der Waals surface area (Å²) in [5.41, 5.74) is 0.816. The number of rotatable bonds is 7. The van der Waals surface area contributed by atoms with Crippen LogP contribution in [0.5, 0.6) is 11.5 Å². The molecule has 0 aromatic heterocycles. The predicted octanol–water partition coefficient (Wildman–Crippen LogP) is 3.20. The van der Waals surface area contributed by atoms with Crippen molar-refractivity contribution in [3.8, 4) is 11.5 Å². The highest BCUT2D eigenvalue weighted by molar-refractivity contribution is 5.85. The molecule has 1 unspecified atom stereocenters. The number of aryl methyl sites for hydroxylation is 1. The molecule has 1 heterocycles. The van der Waals surface area contributed by atoms with E-state index in [0.29, 0.717) is 25.4 Å². The van der Waals surface area contributed by atoms with E-state index in [1.54, 1.807) is 12.1 Å². The lowest BCUT2D eigenvalue weighted by molar-refractivity contribution is -0.153. The summed E-state index contributed by atoms with van der Waals surface area (Å²) in [5.74, 6) is 0.349. The highest BCUT2D eigenvalue weighted by Gasteiger charge is 2.29. The van der Waals surface area contributed by atoms with Crippen molar-refractivity contribution in [2.45, 2.75) is 37.9 Å². The van der Waals surface area contributed by atoms with Gasteiger partial charge in [-0.1, -0.05) is 6.07 Å². The number of hydrogen-bond acceptors (Lipinski definition) is 4. The molecule has 9 heteroatoms. The molecule has 154 valence electrons. The lowest BCUT2D eigenvalue weighted by Gasteiger charge is -2.32. The van der Waals surface area contributed by atoms with Gasteiger partial charge in [0.15, 0.2) is 18.1 Å². The molecular weight excluding hydrogens is 385 g/mol. The molecule has 1 amide bonds. The average molecular weight is 411 g/mol. The number of benzene rings is 1. The third-order valence-electron chi connectivity index (χ3n) is 4.43. The molecule has 5 nitrogen and oxygen atoms in total. The molecule has 0 radical (unpaired) electrons. The molecule has 1 atom stereocenters. The van der Waals surface area contributed by atoms with Gasteiger partial charge in [0.05, 0.1) is 7.11 Å². The largest absolute Gasteiger partial charge is 0.493 e. The summed E-state index contributed by atoms with van der Waals surface area (Å²) >= 11 is 0. The van der Waals surface area contributed by atoms with Crippen LogP contribution in [0.25, 0.3) is 0 Å². The Hall–Kier alpha value is -1.67. The third-order valence-corrected chi connectivity index (χ3v) is 4.43. The van der Waals surface area contributed by atoms with E-state index in [4.69, 9.17) is 9.47 Å². The van der Waals surface area contributed by atoms with Crippen molar-refractivity contribution in [1.82, 2.24) is 10.2 Å². The van der Waals surface area contributed by atoms with Gasteiger partial charge in [0.1, 0.15) is 0 Å². The van der Waals surface area contributed by atoms with Gasteiger partial charge in [-0.05, 0) is 44.0 Å². The molecule has 0 aliphatic carbocycles. The van der Waals surface area contributed by atoms with Gasteiger partial charge in [0, 0.05) is 25.6 Å². The maximum atomic E-state index is 12.4. The third kappa shape index (κ3) is 7.46. The molecule has 0 bridgehead atoms. The molecule has 1 aliphatic heterocycles. The molecule has 1 fully saturated rings. The van der Waals surface area contributed by atoms with Gasteiger partial charge in [0.2, 0.25) is 5.91 Å². The van der Waals surface area contributed by atoms with Crippen molar-refractivity contribution in [1.29, 1.82) is 0 Å². The first kappa shape index (κ1) is 23.4. The lowest BCUT2D eigenvalue weighted by atomic mass is 10.0. The first-order valence-corrected chi connectivity index (χ1v) is 8.64. The first-order valence-electron chi connectivity index (χ1n) is 8.64. The number of alkyl halides is 3. The molecular formula is C18H26ClF3N2O3. The lowest BCUT2D eigenvalue weighted by Crippen LogP contribution is -2.47. The number of methoxy groups -OCH3 is 1. The van der Waals surface area contributed by atoms with Crippen LogP contribution in [-0.2, 0) is 11.2 Å². The Morgan fingerprint density at radius 3 is 2.70 bits per heavy atom. The van der Waals surface area contributed by atoms with E-state index < -0.39 is 12.8 Å². The SMILES string of the molecule is CNC1CCCN(C(=O)CCc2ccc(OCC(F)(F)F)c(OC)c2)C1.Cl. The average Bonchev–Trinajstić information content (AvgIpc) is 2.64. The Morgan fingerprint density at radius 2 is 2.07 bits per heavy atom. The number of ether oxygens (including phenoxy) is 2. The zero-order valence-electron chi connectivity index (χ0n) is 15.5. The minimum atomic E-state index is -4.41. The molecule has 1 aliphatic rings. The van der Waals surface area contributed by atoms with E-state index >= 15 is 0 Å². The number of nitrogens with zero attached hydrogens (tertiary/aromatic N) is 1. The fraction of sp³-hybridized carbons (Fsp3) is 0.611. The predicted molar refractivity (Wildman–Crippen MR) is 98.8 cm³/mol. The Labute approximate surface area is 163 Å². The summed E-state index contributed by atoms with van der Waals surface area (Å²) < 4.78 is 46.7. The normalized spacial score (nSPS) is 17.2. The molecule has 1 aromatic rings. The maximum absolute atomic E-state index is 12.4. The molecule has 1 saturated heterocycles. The van der Waals surface area contributed by atoms with E-state index in [9.17, 15) is 18.0 Å². The summed E-state index contributed by atoms with van der Waals surface area (Å²) in [5, 5.41) is 3.20. The topological polar surface area (TPSA) is 50.8 Å². The fourth-order valence-electron chi connectivity index (χ4n) is 3.00. The summed E-state index contributed by atoms with van der Waals surface area (Å²) in [4.78, 5) is 14.2. The van der Waals surface area contributed by atoms with E-state index in [-0.39, 0.29) is 29.8 Å². The van der Waals surface area contributed by atoms with Gasteiger partial charge in [-0.3, -0.25) is 4.79 Å². The van der Waals surface area contributed by atoms with Crippen LogP contribution < -0.4 is 14.8 Å². The standard InChI is InChI=1S/C18H25F3N2O3.ClH/c1-22-14-4-3-9-23(11-14)17(24)8-6-13-5-7-15(16(10-13)25-2)26-12-18(19,20)21;/h5,7,10,14,22H,3-4,6,8-9,11-12H2,1-2H3;1H. The second-order valence-electron chi connectivity index (χ2n) is 6.36. The number of likely N-dealkylation sites (N-methyl/N-ethyl adjacent to an activating group) is 1. The molecule has 2 rings (SSSR count). The van der Waals surface area contributed by atoms with Gasteiger partial charge in [-0.25, -0.2) is 0 Å². The zero-order valence-corrected chi connectivity index (χ0v) is 16.3. The molecule has 1 aromatic carbocycles. The van der Waals surface area contributed by atoms with Crippen LogP contribution in [0.15, 0.2) is 18.2 Å². The van der Waals surface area contributed by atoms with Crippen molar-refractivity contribution < 1.29 is 27.4 Å². The van der Waals surface area contributed by atoms with Crippen molar-refractivity contribution >= 4 is 18.3 Å². The summed E-state index contributed by atoms with van der Waals surface area (Å²) in [6.45, 7) is 0.107. The van der Waals surface area contributed by atoms with Crippen molar-refractivity contribution in [2.75, 3.05) is 33.9 Å². The van der Waals surface area contributed by atoms with Gasteiger partial charge in [0.25, 0.3) is 0 Å². The number of hydrogen-bond donors (Lipinski definition) is 1. The summed E-state index contributed by atoms with van der Waals surface area (Å²) in [6.07, 6.45) is -1.51. The monoisotopic (exact) mass is 410 g/mol. The number of halogens is 4. The van der Waals surface area contributed by atoms with Gasteiger partial charge < -0.3 is 19.7 Å². The van der Waals surface area contributed by atoms with Gasteiger partial charge in [-0.2, -0.15) is 13.2 Å². The van der Waals surface area contributed by atoms with Gasteiger partial charge in [-0.15, -0.1) is 12.4 Å². The molecule has 1 N–H and O–H groups in total. The number of likely N-dealkylation sites (tertiary alicyclic amines) is 1. The van der Waals surface area contributed by atoms with E-state index in [0.717, 1.165) is 24.9 Å². The van der Waals surface area contributed by atoms with Crippen LogP contribution in [0.2, 0.25) is 0 Å². The molecule has 27 heavy (non-hydrogen) atoms. The highest BCUT2D eigenvalue weighted by atomic mass is 35.5. The smallest absolute Gasteiger partial charge is 0.422 e. The van der Waals surface area contributed by atoms with E-state index in [1.807, 2.05) is 11.9 Å². The van der Waals surface area contributed by atoms with Gasteiger partial charge >= 0.3 is 6.18 Å². The fourth-order valence-corrected chi connectivity index (χ4v) is 3.00. The Morgan fingerprint density at radius 1 is 1.33 bits per heavy atom. The number of amides is 1. The number of carbonyl (C=O) groups is 1. The molecule has 0 saturated carbocycles. The number of piperidine rings is 1. The minimum absolute atomic E-state index is 0. The zero-order chi connectivity index (χ0) is 19.2. The van der Waals surface area contributed by atoms with Crippen molar-refractivity contribution in [3.05, 3.63) is 23.8 Å². The quantitative estimate of drug-likeness (QED) is 0.750. The van der Waals surface area contributed by atoms with Crippen LogP contribution in [-0.4, -0.2) is 56.9 Å². The van der Waals surface area contributed by atoms with Crippen LogP contribution >= 0.6 is 12.4 Å². The van der Waals surface area contributed by atoms with Crippen LogP contribution in [0.4, 0.5) is 13.2 Å². The number of carbonyl (C=O) groups excluding carboxylic acids is 1. The Kier molecular flexibility index (Phi) is 9.18. The highest BCUT2D eigenvalue weighted by Crippen LogP contribution is 2.30. The van der Waals surface area contributed by atoms with Crippen LogP contribution in [0, 0.1) is 0 Å². The Balaban J connectivity index is 0.00000364. The van der Waals surface area contributed by atoms with E-state index in [2.05, 4.69) is 5.32 Å². The van der Waals surface area contributed by atoms with Crippen molar-refractivity contribution in [2.24, 2.45) is 0 Å². The van der Waals surface area contributed by atoms with Crippen LogP contribution in [0.3, 0.4) is 0 Å².